The van der Waals surface area contributed by atoms with Crippen LogP contribution in [0.3, 0.4) is 0 Å². The van der Waals surface area contributed by atoms with Crippen LogP contribution in [-0.4, -0.2) is 60.4 Å². The number of carbonyl (C=O) groups excluding carboxylic acids is 2. The van der Waals surface area contributed by atoms with Crippen molar-refractivity contribution < 1.29 is 23.1 Å². The summed E-state index contributed by atoms with van der Waals surface area (Å²) in [7, 11) is 0. The maximum Gasteiger partial charge on any atom is 0.253 e. The third-order valence-corrected chi connectivity index (χ3v) is 6.19. The van der Waals surface area contributed by atoms with Crippen molar-refractivity contribution in [2.75, 3.05) is 38.1 Å². The molecule has 1 fully saturated rings. The van der Waals surface area contributed by atoms with Gasteiger partial charge in [-0.3, -0.25) is 14.5 Å². The van der Waals surface area contributed by atoms with E-state index in [2.05, 4.69) is 5.32 Å². The van der Waals surface area contributed by atoms with Gasteiger partial charge in [0, 0.05) is 36.8 Å². The molecule has 0 aliphatic carbocycles. The quantitative estimate of drug-likeness (QED) is 0.628. The van der Waals surface area contributed by atoms with Gasteiger partial charge in [0.15, 0.2) is 0 Å². The van der Waals surface area contributed by atoms with Gasteiger partial charge in [-0.05, 0) is 42.0 Å². The topological polar surface area (TPSA) is 61.9 Å². The highest BCUT2D eigenvalue weighted by Crippen LogP contribution is 2.33. The molecule has 174 valence electrons. The minimum absolute atomic E-state index is 0.0454. The molecule has 1 N–H and O–H groups in total. The van der Waals surface area contributed by atoms with E-state index in [4.69, 9.17) is 4.74 Å². The molecule has 0 spiro atoms. The lowest BCUT2D eigenvalue weighted by Crippen LogP contribution is -2.57. The van der Waals surface area contributed by atoms with E-state index in [1.807, 2.05) is 23.1 Å². The zero-order valence-corrected chi connectivity index (χ0v) is 18.3. The van der Waals surface area contributed by atoms with Crippen LogP contribution in [0.1, 0.15) is 10.4 Å². The number of amides is 2. The van der Waals surface area contributed by atoms with Crippen LogP contribution in [0, 0.1) is 11.6 Å². The summed E-state index contributed by atoms with van der Waals surface area (Å²) in [6, 6.07) is 17.3. The third-order valence-electron chi connectivity index (χ3n) is 6.19. The molecule has 2 aliphatic heterocycles. The van der Waals surface area contributed by atoms with Crippen molar-refractivity contribution in [1.82, 2.24) is 9.80 Å². The van der Waals surface area contributed by atoms with E-state index in [1.165, 1.54) is 12.1 Å². The molecule has 2 amide bonds. The number of nitrogens with zero attached hydrogens (tertiary/aromatic N) is 2. The number of hydrogen-bond acceptors (Lipinski definition) is 4. The Balaban J connectivity index is 1.37. The summed E-state index contributed by atoms with van der Waals surface area (Å²) in [4.78, 5) is 29.5. The van der Waals surface area contributed by atoms with Crippen LogP contribution in [0.25, 0.3) is 11.1 Å². The Morgan fingerprint density at radius 1 is 1.00 bits per heavy atom. The molecule has 0 unspecified atom stereocenters. The molecule has 1 saturated heterocycles. The fraction of sp³-hybridized carbons (Fsp3) is 0.231. The van der Waals surface area contributed by atoms with Crippen LogP contribution in [0.4, 0.5) is 14.5 Å². The van der Waals surface area contributed by atoms with Gasteiger partial charge in [-0.1, -0.05) is 24.3 Å². The number of ether oxygens (including phenoxy) is 1. The van der Waals surface area contributed by atoms with Gasteiger partial charge >= 0.3 is 0 Å². The Hall–Kier alpha value is -3.78. The van der Waals surface area contributed by atoms with Crippen LogP contribution in [0.15, 0.2) is 66.7 Å². The number of halogens is 2. The highest BCUT2D eigenvalue weighted by molar-refractivity contribution is 5.95. The number of piperazine rings is 1. The molecule has 2 heterocycles. The zero-order chi connectivity index (χ0) is 23.7. The zero-order valence-electron chi connectivity index (χ0n) is 18.3. The molecule has 1 atom stereocenters. The third kappa shape index (κ3) is 4.49. The molecule has 0 aromatic heterocycles. The summed E-state index contributed by atoms with van der Waals surface area (Å²) < 4.78 is 33.6. The second-order valence-corrected chi connectivity index (χ2v) is 8.44. The molecular formula is C26H23F2N3O3. The van der Waals surface area contributed by atoms with E-state index >= 15 is 0 Å². The fourth-order valence-electron chi connectivity index (χ4n) is 4.41. The average Bonchev–Trinajstić information content (AvgIpc) is 2.90. The van der Waals surface area contributed by atoms with E-state index < -0.39 is 11.6 Å². The number of fused-ring (bicyclic) bond motifs is 2. The van der Waals surface area contributed by atoms with Crippen molar-refractivity contribution in [3.63, 3.8) is 0 Å². The molecule has 0 radical (unpaired) electrons. The average molecular weight is 463 g/mol. The number of hydrogen-bond donors (Lipinski definition) is 1. The first-order valence-electron chi connectivity index (χ1n) is 11.1. The van der Waals surface area contributed by atoms with E-state index in [9.17, 15) is 18.4 Å². The summed E-state index contributed by atoms with van der Waals surface area (Å²) in [5.41, 5.74) is 1.77. The monoisotopic (exact) mass is 463 g/mol. The van der Waals surface area contributed by atoms with E-state index in [0.717, 1.165) is 6.07 Å². The largest absolute Gasteiger partial charge is 0.490 e. The maximum absolute atomic E-state index is 14.3. The lowest BCUT2D eigenvalue weighted by atomic mass is 10.0. The van der Waals surface area contributed by atoms with Crippen molar-refractivity contribution >= 4 is 17.5 Å². The number of carbonyl (C=O) groups is 2. The van der Waals surface area contributed by atoms with E-state index in [1.54, 1.807) is 35.2 Å². The van der Waals surface area contributed by atoms with Gasteiger partial charge < -0.3 is 15.0 Å². The van der Waals surface area contributed by atoms with Crippen molar-refractivity contribution in [3.05, 3.63) is 83.9 Å². The van der Waals surface area contributed by atoms with Crippen molar-refractivity contribution in [3.8, 4) is 16.9 Å². The molecule has 34 heavy (non-hydrogen) atoms. The van der Waals surface area contributed by atoms with E-state index in [-0.39, 0.29) is 36.6 Å². The van der Waals surface area contributed by atoms with Crippen LogP contribution < -0.4 is 10.1 Å². The Morgan fingerprint density at radius 3 is 2.62 bits per heavy atom. The van der Waals surface area contributed by atoms with Crippen LogP contribution in [-0.2, 0) is 4.79 Å². The first kappa shape index (κ1) is 22.0. The second-order valence-electron chi connectivity index (χ2n) is 8.44. The molecule has 3 aromatic carbocycles. The van der Waals surface area contributed by atoms with Crippen LogP contribution in [0.5, 0.6) is 5.75 Å². The second kappa shape index (κ2) is 9.23. The highest BCUT2D eigenvalue weighted by Gasteiger charge is 2.33. The van der Waals surface area contributed by atoms with Gasteiger partial charge in [0.1, 0.15) is 24.0 Å². The Labute approximate surface area is 195 Å². The number of anilines is 1. The fourth-order valence-corrected chi connectivity index (χ4v) is 4.41. The normalized spacial score (nSPS) is 18.5. The minimum atomic E-state index is -0.685. The summed E-state index contributed by atoms with van der Waals surface area (Å²) in [6.07, 6.45) is 0. The van der Waals surface area contributed by atoms with Crippen molar-refractivity contribution in [1.29, 1.82) is 0 Å². The summed E-state index contributed by atoms with van der Waals surface area (Å²) in [5, 5.41) is 2.85. The predicted octanol–water partition coefficient (Wildman–Crippen LogP) is 3.79. The standard InChI is InChI=1S/C26H23F2N3O3/c27-19-7-8-21(22(28)13-19)18-6-9-24-23(12-18)29-25(32)15-30-10-11-31(14-20(30)16-34-24)26(33)17-4-2-1-3-5-17/h1-9,12-13,20H,10-11,14-16H2,(H,29,32)/t20-/m1/s1. The smallest absolute Gasteiger partial charge is 0.253 e. The summed E-state index contributed by atoms with van der Waals surface area (Å²) in [5.74, 6) is -1.16. The molecule has 2 aliphatic rings. The lowest BCUT2D eigenvalue weighted by Gasteiger charge is -2.40. The Morgan fingerprint density at radius 2 is 1.82 bits per heavy atom. The van der Waals surface area contributed by atoms with Crippen LogP contribution in [0.2, 0.25) is 0 Å². The molecule has 0 bridgehead atoms. The van der Waals surface area contributed by atoms with Crippen LogP contribution >= 0.6 is 0 Å². The maximum atomic E-state index is 14.3. The molecule has 8 heteroatoms. The molecule has 5 rings (SSSR count). The first-order valence-corrected chi connectivity index (χ1v) is 11.1. The summed E-state index contributed by atoms with van der Waals surface area (Å²) >= 11 is 0. The number of benzene rings is 3. The number of nitrogens with one attached hydrogen (secondary N) is 1. The molecular weight excluding hydrogens is 440 g/mol. The van der Waals surface area contributed by atoms with Gasteiger partial charge in [0.2, 0.25) is 5.91 Å². The van der Waals surface area contributed by atoms with Crippen molar-refractivity contribution in [2.45, 2.75) is 6.04 Å². The lowest BCUT2D eigenvalue weighted by molar-refractivity contribution is -0.118. The Kier molecular flexibility index (Phi) is 5.98. The van der Waals surface area contributed by atoms with Gasteiger partial charge in [0.05, 0.1) is 18.3 Å². The van der Waals surface area contributed by atoms with Gasteiger partial charge in [0.25, 0.3) is 5.91 Å². The molecule has 3 aromatic rings. The van der Waals surface area contributed by atoms with Gasteiger partial charge in [-0.25, -0.2) is 8.78 Å². The number of rotatable bonds is 2. The first-order chi connectivity index (χ1) is 16.5. The molecule has 6 nitrogen and oxygen atoms in total. The van der Waals surface area contributed by atoms with Gasteiger partial charge in [-0.2, -0.15) is 0 Å². The SMILES string of the molecule is O=C1CN2CCN(C(=O)c3ccccc3)C[C@@H]2COc2ccc(-c3ccc(F)cc3F)cc2N1. The summed E-state index contributed by atoms with van der Waals surface area (Å²) in [6.45, 7) is 1.93. The highest BCUT2D eigenvalue weighted by atomic mass is 19.1. The molecule has 0 saturated carbocycles. The van der Waals surface area contributed by atoms with Crippen molar-refractivity contribution in [2.24, 2.45) is 0 Å². The predicted molar refractivity (Wildman–Crippen MR) is 124 cm³/mol. The van der Waals surface area contributed by atoms with Gasteiger partial charge in [-0.15, -0.1) is 0 Å². The van der Waals surface area contributed by atoms with E-state index in [0.29, 0.717) is 42.2 Å². The Bertz CT molecular complexity index is 1240. The minimum Gasteiger partial charge on any atom is -0.490 e.